The van der Waals surface area contributed by atoms with E-state index in [0.717, 1.165) is 0 Å². The molecule has 0 aliphatic carbocycles. The van der Waals surface area contributed by atoms with E-state index in [2.05, 4.69) is 63.7 Å². The first-order valence-electron chi connectivity index (χ1n) is 3.65. The van der Waals surface area contributed by atoms with Crippen LogP contribution in [0.4, 0.5) is 0 Å². The molecular weight excluding hydrogens is 279 g/mol. The Morgan fingerprint density at radius 3 is 2.58 bits per heavy atom. The molecule has 0 amide bonds. The van der Waals surface area contributed by atoms with Crippen LogP contribution in [0.3, 0.4) is 0 Å². The van der Waals surface area contributed by atoms with Crippen LogP contribution in [0.1, 0.15) is 0 Å². The van der Waals surface area contributed by atoms with Crippen LogP contribution in [-0.2, 0) is 0 Å². The summed E-state index contributed by atoms with van der Waals surface area (Å²) in [7, 11) is 0. The number of benzene rings is 1. The van der Waals surface area contributed by atoms with E-state index in [9.17, 15) is 0 Å². The summed E-state index contributed by atoms with van der Waals surface area (Å²) < 4.78 is 1.31. The molecule has 12 heavy (non-hydrogen) atoms. The molecule has 60 valence electrons. The molecule has 0 atom stereocenters. The highest BCUT2D eigenvalue weighted by atomic mass is 127. The first-order valence-corrected chi connectivity index (χ1v) is 5.67. The van der Waals surface area contributed by atoms with E-state index in [4.69, 9.17) is 0 Å². The molecule has 0 aliphatic rings. The van der Waals surface area contributed by atoms with E-state index in [1.807, 2.05) is 0 Å². The molecule has 0 saturated carbocycles. The van der Waals surface area contributed by atoms with Crippen LogP contribution in [0.25, 0.3) is 11.1 Å². The molecule has 1 heterocycles. The van der Waals surface area contributed by atoms with Crippen molar-refractivity contribution in [1.29, 1.82) is 0 Å². The van der Waals surface area contributed by atoms with Gasteiger partial charge in [-0.2, -0.15) is 11.3 Å². The lowest BCUT2D eigenvalue weighted by atomic mass is 10.1. The van der Waals surface area contributed by atoms with Crippen LogP contribution in [0.2, 0.25) is 0 Å². The second kappa shape index (κ2) is 3.58. The Hall–Kier alpha value is -0.350. The zero-order valence-electron chi connectivity index (χ0n) is 6.33. The third-order valence-corrected chi connectivity index (χ3v) is 3.33. The topological polar surface area (TPSA) is 0 Å². The van der Waals surface area contributed by atoms with E-state index >= 15 is 0 Å². The Morgan fingerprint density at radius 2 is 1.92 bits per heavy atom. The number of halogens is 1. The molecule has 1 aromatic heterocycles. The number of hydrogen-bond donors (Lipinski definition) is 0. The minimum atomic E-state index is 1.31. The summed E-state index contributed by atoms with van der Waals surface area (Å²) in [6.07, 6.45) is 0. The van der Waals surface area contributed by atoms with Crippen molar-refractivity contribution >= 4 is 33.9 Å². The lowest BCUT2D eigenvalue weighted by Crippen LogP contribution is -1.77. The fraction of sp³-hybridized carbons (Fsp3) is 0. The van der Waals surface area contributed by atoms with Crippen molar-refractivity contribution in [3.05, 3.63) is 44.7 Å². The van der Waals surface area contributed by atoms with Crippen molar-refractivity contribution in [3.63, 3.8) is 0 Å². The summed E-state index contributed by atoms with van der Waals surface area (Å²) in [5.41, 5.74) is 2.66. The third-order valence-electron chi connectivity index (χ3n) is 1.71. The zero-order chi connectivity index (χ0) is 8.39. The maximum Gasteiger partial charge on any atom is 0.0209 e. The standard InChI is InChI=1S/C10H7IS/c11-10-4-2-1-3-9(10)8-5-6-12-7-8/h1-7H. The van der Waals surface area contributed by atoms with Crippen LogP contribution < -0.4 is 0 Å². The summed E-state index contributed by atoms with van der Waals surface area (Å²) in [5, 5.41) is 4.29. The highest BCUT2D eigenvalue weighted by Crippen LogP contribution is 2.26. The smallest absolute Gasteiger partial charge is 0.0209 e. The monoisotopic (exact) mass is 286 g/mol. The van der Waals surface area contributed by atoms with E-state index in [1.165, 1.54) is 14.7 Å². The Balaban J connectivity index is 2.55. The van der Waals surface area contributed by atoms with Crippen LogP contribution in [0.5, 0.6) is 0 Å². The van der Waals surface area contributed by atoms with Gasteiger partial charge >= 0.3 is 0 Å². The van der Waals surface area contributed by atoms with Gasteiger partial charge in [-0.15, -0.1) is 0 Å². The summed E-state index contributed by atoms with van der Waals surface area (Å²) in [6.45, 7) is 0. The van der Waals surface area contributed by atoms with Crippen molar-refractivity contribution < 1.29 is 0 Å². The molecule has 2 heteroatoms. The van der Waals surface area contributed by atoms with Gasteiger partial charge in [-0.1, -0.05) is 18.2 Å². The average molecular weight is 286 g/mol. The van der Waals surface area contributed by atoms with Gasteiger partial charge in [0.1, 0.15) is 0 Å². The summed E-state index contributed by atoms with van der Waals surface area (Å²) in [6, 6.07) is 10.6. The van der Waals surface area contributed by atoms with Gasteiger partial charge in [-0.05, 0) is 56.6 Å². The van der Waals surface area contributed by atoms with Crippen molar-refractivity contribution in [1.82, 2.24) is 0 Å². The Morgan fingerprint density at radius 1 is 1.08 bits per heavy atom. The van der Waals surface area contributed by atoms with Crippen LogP contribution in [0.15, 0.2) is 41.1 Å². The van der Waals surface area contributed by atoms with Crippen LogP contribution in [-0.4, -0.2) is 0 Å². The molecule has 0 radical (unpaired) electrons. The largest absolute Gasteiger partial charge is 0.152 e. The molecule has 1 aromatic carbocycles. The molecule has 2 rings (SSSR count). The van der Waals surface area contributed by atoms with Crippen LogP contribution >= 0.6 is 33.9 Å². The first-order chi connectivity index (χ1) is 5.88. The molecule has 0 fully saturated rings. The van der Waals surface area contributed by atoms with E-state index in [1.54, 1.807) is 11.3 Å². The molecule has 0 bridgehead atoms. The van der Waals surface area contributed by atoms with Crippen molar-refractivity contribution in [2.24, 2.45) is 0 Å². The molecule has 2 aromatic rings. The molecule has 0 unspecified atom stereocenters. The SMILES string of the molecule is Ic1ccccc1-c1ccsc1. The summed E-state index contributed by atoms with van der Waals surface area (Å²) in [4.78, 5) is 0. The van der Waals surface area contributed by atoms with Gasteiger partial charge < -0.3 is 0 Å². The highest BCUT2D eigenvalue weighted by molar-refractivity contribution is 14.1. The molecule has 0 N–H and O–H groups in total. The van der Waals surface area contributed by atoms with Crippen molar-refractivity contribution in [3.8, 4) is 11.1 Å². The molecule has 0 nitrogen and oxygen atoms in total. The predicted octanol–water partition coefficient (Wildman–Crippen LogP) is 4.02. The van der Waals surface area contributed by atoms with Gasteiger partial charge in [0.25, 0.3) is 0 Å². The maximum atomic E-state index is 2.37. The second-order valence-corrected chi connectivity index (χ2v) is 4.43. The Bertz CT molecular complexity index is 365. The van der Waals surface area contributed by atoms with Gasteiger partial charge in [0.15, 0.2) is 0 Å². The lowest BCUT2D eigenvalue weighted by molar-refractivity contribution is 1.62. The summed E-state index contributed by atoms with van der Waals surface area (Å²) >= 11 is 4.11. The predicted molar refractivity (Wildman–Crippen MR) is 62.5 cm³/mol. The fourth-order valence-electron chi connectivity index (χ4n) is 1.11. The zero-order valence-corrected chi connectivity index (χ0v) is 9.30. The summed E-state index contributed by atoms with van der Waals surface area (Å²) in [5.74, 6) is 0. The number of hydrogen-bond acceptors (Lipinski definition) is 1. The van der Waals surface area contributed by atoms with Gasteiger partial charge in [-0.25, -0.2) is 0 Å². The number of rotatable bonds is 1. The van der Waals surface area contributed by atoms with E-state index < -0.39 is 0 Å². The van der Waals surface area contributed by atoms with Crippen molar-refractivity contribution in [2.75, 3.05) is 0 Å². The van der Waals surface area contributed by atoms with Gasteiger partial charge in [0.2, 0.25) is 0 Å². The maximum absolute atomic E-state index is 2.37. The minimum Gasteiger partial charge on any atom is -0.152 e. The minimum absolute atomic E-state index is 1.31. The average Bonchev–Trinajstić information content (AvgIpc) is 2.57. The van der Waals surface area contributed by atoms with E-state index in [0.29, 0.717) is 0 Å². The Kier molecular flexibility index (Phi) is 2.46. The highest BCUT2D eigenvalue weighted by Gasteiger charge is 2.00. The van der Waals surface area contributed by atoms with Crippen LogP contribution in [0, 0.1) is 3.57 Å². The second-order valence-electron chi connectivity index (χ2n) is 2.49. The molecule has 0 spiro atoms. The third kappa shape index (κ3) is 1.54. The lowest BCUT2D eigenvalue weighted by Gasteiger charge is -1.99. The van der Waals surface area contributed by atoms with Crippen molar-refractivity contribution in [2.45, 2.75) is 0 Å². The normalized spacial score (nSPS) is 10.1. The van der Waals surface area contributed by atoms with Gasteiger partial charge in [-0.3, -0.25) is 0 Å². The molecule has 0 aliphatic heterocycles. The molecular formula is C10H7IS. The van der Waals surface area contributed by atoms with Gasteiger partial charge in [0.05, 0.1) is 0 Å². The number of thiophene rings is 1. The quantitative estimate of drug-likeness (QED) is 0.695. The fourth-order valence-corrected chi connectivity index (χ4v) is 2.47. The molecule has 0 saturated heterocycles. The van der Waals surface area contributed by atoms with E-state index in [-0.39, 0.29) is 0 Å². The first kappa shape index (κ1) is 8.26. The van der Waals surface area contributed by atoms with Gasteiger partial charge in [0, 0.05) is 3.57 Å². The Labute approximate surface area is 89.4 Å².